The first-order valence-corrected chi connectivity index (χ1v) is 5.93. The number of nitrogens with one attached hydrogen (secondary N) is 1. The predicted molar refractivity (Wildman–Crippen MR) is 72.3 cm³/mol. The van der Waals surface area contributed by atoms with Crippen LogP contribution < -0.4 is 5.32 Å². The fourth-order valence-electron chi connectivity index (χ4n) is 1.34. The predicted octanol–water partition coefficient (Wildman–Crippen LogP) is 2.10. The Morgan fingerprint density at radius 1 is 1.29 bits per heavy atom. The summed E-state index contributed by atoms with van der Waals surface area (Å²) in [7, 11) is 0. The number of carbonyl (C=O) groups excluding carboxylic acids is 1. The highest BCUT2D eigenvalue weighted by Gasteiger charge is 2.03. The molecule has 2 aromatic heterocycles. The highest BCUT2D eigenvalue weighted by atomic mass is 127. The van der Waals surface area contributed by atoms with Crippen molar-refractivity contribution in [3.8, 4) is 11.3 Å². The lowest BCUT2D eigenvalue weighted by Gasteiger charge is -2.04. The highest BCUT2D eigenvalue weighted by Crippen LogP contribution is 2.19. The third-order valence-corrected chi connectivity index (χ3v) is 2.58. The van der Waals surface area contributed by atoms with Gasteiger partial charge in [0, 0.05) is 18.7 Å². The fraction of sp³-hybridized carbons (Fsp3) is 0.0909. The van der Waals surface area contributed by atoms with E-state index in [2.05, 4.69) is 42.9 Å². The number of halogens is 1. The maximum Gasteiger partial charge on any atom is 0.221 e. The number of carbonyl (C=O) groups is 1. The van der Waals surface area contributed by atoms with E-state index in [1.807, 2.05) is 12.1 Å². The van der Waals surface area contributed by atoms with Crippen molar-refractivity contribution in [2.24, 2.45) is 0 Å². The fourth-order valence-corrected chi connectivity index (χ4v) is 1.76. The van der Waals surface area contributed by atoms with E-state index in [0.717, 1.165) is 15.0 Å². The lowest BCUT2D eigenvalue weighted by Crippen LogP contribution is -2.06. The summed E-state index contributed by atoms with van der Waals surface area (Å²) in [6.07, 6.45) is 4.79. The van der Waals surface area contributed by atoms with Crippen LogP contribution in [0.25, 0.3) is 11.3 Å². The quantitative estimate of drug-likeness (QED) is 0.672. The molecule has 86 valence electrons. The first kappa shape index (κ1) is 11.9. The third-order valence-electron chi connectivity index (χ3n) is 1.99. The molecule has 17 heavy (non-hydrogen) atoms. The third kappa shape index (κ3) is 3.19. The molecule has 0 aliphatic rings. The Balaban J connectivity index is 2.36. The van der Waals surface area contributed by atoms with Crippen molar-refractivity contribution in [3.05, 3.63) is 34.6 Å². The van der Waals surface area contributed by atoms with E-state index in [1.54, 1.807) is 12.4 Å². The number of rotatable bonds is 2. The minimum Gasteiger partial charge on any atom is -0.325 e. The normalized spacial score (nSPS) is 10.0. The summed E-state index contributed by atoms with van der Waals surface area (Å²) >= 11 is 2.12. The van der Waals surface area contributed by atoms with Gasteiger partial charge < -0.3 is 5.32 Å². The van der Waals surface area contributed by atoms with Gasteiger partial charge in [0.25, 0.3) is 0 Å². The van der Waals surface area contributed by atoms with Gasteiger partial charge in [0.05, 0.1) is 17.6 Å². The average molecular weight is 340 g/mol. The van der Waals surface area contributed by atoms with Gasteiger partial charge in [0.2, 0.25) is 5.91 Å². The van der Waals surface area contributed by atoms with E-state index >= 15 is 0 Å². The SMILES string of the molecule is CC(=O)Nc1cncc(-c2cc(I)ncn2)c1. The Hall–Kier alpha value is -1.57. The van der Waals surface area contributed by atoms with Crippen LogP contribution in [-0.2, 0) is 4.79 Å². The molecule has 2 aromatic rings. The van der Waals surface area contributed by atoms with Gasteiger partial charge in [-0.25, -0.2) is 9.97 Å². The van der Waals surface area contributed by atoms with Crippen LogP contribution in [0.1, 0.15) is 6.92 Å². The Morgan fingerprint density at radius 3 is 2.82 bits per heavy atom. The summed E-state index contributed by atoms with van der Waals surface area (Å²) in [4.78, 5) is 23.2. The van der Waals surface area contributed by atoms with Gasteiger partial charge in [-0.3, -0.25) is 9.78 Å². The molecule has 0 bridgehead atoms. The molecule has 1 amide bonds. The Labute approximate surface area is 112 Å². The lowest BCUT2D eigenvalue weighted by atomic mass is 10.2. The minimum atomic E-state index is -0.124. The molecule has 0 aromatic carbocycles. The zero-order valence-electron chi connectivity index (χ0n) is 9.01. The average Bonchev–Trinajstić information content (AvgIpc) is 2.28. The molecule has 6 heteroatoms. The van der Waals surface area contributed by atoms with E-state index in [9.17, 15) is 4.79 Å². The molecule has 1 N–H and O–H groups in total. The Kier molecular flexibility index (Phi) is 3.62. The highest BCUT2D eigenvalue weighted by molar-refractivity contribution is 14.1. The van der Waals surface area contributed by atoms with Crippen LogP contribution >= 0.6 is 22.6 Å². The van der Waals surface area contributed by atoms with E-state index in [4.69, 9.17) is 0 Å². The van der Waals surface area contributed by atoms with Crippen LogP contribution in [0.3, 0.4) is 0 Å². The molecule has 0 radical (unpaired) electrons. The molecule has 2 rings (SSSR count). The summed E-state index contributed by atoms with van der Waals surface area (Å²) in [6, 6.07) is 3.68. The Morgan fingerprint density at radius 2 is 2.12 bits per heavy atom. The molecular formula is C11H9IN4O. The number of hydrogen-bond donors (Lipinski definition) is 1. The number of amides is 1. The standard InChI is InChI=1S/C11H9IN4O/c1-7(17)16-9-2-8(4-13-5-9)10-3-11(12)15-6-14-10/h2-6H,1H3,(H,16,17). The van der Waals surface area contributed by atoms with Crippen molar-refractivity contribution < 1.29 is 4.79 Å². The van der Waals surface area contributed by atoms with Gasteiger partial charge in [0.1, 0.15) is 10.0 Å². The zero-order valence-corrected chi connectivity index (χ0v) is 11.2. The number of aromatic nitrogens is 3. The molecule has 0 spiro atoms. The second kappa shape index (κ2) is 5.17. The van der Waals surface area contributed by atoms with Crippen molar-refractivity contribution in [2.75, 3.05) is 5.32 Å². The molecule has 0 atom stereocenters. The largest absolute Gasteiger partial charge is 0.325 e. The van der Waals surface area contributed by atoms with Crippen LogP contribution in [-0.4, -0.2) is 20.9 Å². The van der Waals surface area contributed by atoms with Crippen LogP contribution in [0.5, 0.6) is 0 Å². The Bertz CT molecular complexity index is 559. The van der Waals surface area contributed by atoms with E-state index in [0.29, 0.717) is 5.69 Å². The molecule has 0 aliphatic carbocycles. The van der Waals surface area contributed by atoms with E-state index in [1.165, 1.54) is 13.3 Å². The van der Waals surface area contributed by atoms with Crippen LogP contribution in [0.4, 0.5) is 5.69 Å². The molecule has 0 saturated carbocycles. The number of pyridine rings is 1. The minimum absolute atomic E-state index is 0.124. The zero-order chi connectivity index (χ0) is 12.3. The van der Waals surface area contributed by atoms with Crippen LogP contribution in [0, 0.1) is 3.70 Å². The number of anilines is 1. The molecule has 0 aliphatic heterocycles. The van der Waals surface area contributed by atoms with Gasteiger partial charge in [0.15, 0.2) is 0 Å². The van der Waals surface area contributed by atoms with Crippen LogP contribution in [0.2, 0.25) is 0 Å². The first-order valence-electron chi connectivity index (χ1n) is 4.86. The van der Waals surface area contributed by atoms with E-state index < -0.39 is 0 Å². The van der Waals surface area contributed by atoms with Crippen molar-refractivity contribution >= 4 is 34.2 Å². The second-order valence-corrected chi connectivity index (χ2v) is 4.47. The number of hydrogen-bond acceptors (Lipinski definition) is 4. The second-order valence-electron chi connectivity index (χ2n) is 3.37. The van der Waals surface area contributed by atoms with Gasteiger partial charge in [-0.05, 0) is 34.7 Å². The summed E-state index contributed by atoms with van der Waals surface area (Å²) < 4.78 is 0.859. The molecule has 0 saturated heterocycles. The van der Waals surface area contributed by atoms with Gasteiger partial charge in [-0.1, -0.05) is 0 Å². The summed E-state index contributed by atoms with van der Waals surface area (Å²) in [6.45, 7) is 1.46. The van der Waals surface area contributed by atoms with Crippen molar-refractivity contribution in [3.63, 3.8) is 0 Å². The first-order chi connectivity index (χ1) is 8.15. The summed E-state index contributed by atoms with van der Waals surface area (Å²) in [5.41, 5.74) is 2.28. The molecule has 5 nitrogen and oxygen atoms in total. The molecular weight excluding hydrogens is 331 g/mol. The topological polar surface area (TPSA) is 67.8 Å². The molecule has 2 heterocycles. The summed E-state index contributed by atoms with van der Waals surface area (Å²) in [5, 5.41) is 2.68. The lowest BCUT2D eigenvalue weighted by molar-refractivity contribution is -0.114. The smallest absolute Gasteiger partial charge is 0.221 e. The maximum atomic E-state index is 10.9. The van der Waals surface area contributed by atoms with Gasteiger partial charge >= 0.3 is 0 Å². The van der Waals surface area contributed by atoms with Crippen molar-refractivity contribution in [2.45, 2.75) is 6.92 Å². The van der Waals surface area contributed by atoms with Crippen molar-refractivity contribution in [1.29, 1.82) is 0 Å². The van der Waals surface area contributed by atoms with Crippen molar-refractivity contribution in [1.82, 2.24) is 15.0 Å². The van der Waals surface area contributed by atoms with Gasteiger partial charge in [-0.2, -0.15) is 0 Å². The molecule has 0 unspecified atom stereocenters. The van der Waals surface area contributed by atoms with Gasteiger partial charge in [-0.15, -0.1) is 0 Å². The maximum absolute atomic E-state index is 10.9. The monoisotopic (exact) mass is 340 g/mol. The summed E-state index contributed by atoms with van der Waals surface area (Å²) in [5.74, 6) is -0.124. The van der Waals surface area contributed by atoms with E-state index in [-0.39, 0.29) is 5.91 Å². The number of nitrogens with zero attached hydrogens (tertiary/aromatic N) is 3. The molecule has 0 fully saturated rings. The van der Waals surface area contributed by atoms with Crippen LogP contribution in [0.15, 0.2) is 30.9 Å².